The van der Waals surface area contributed by atoms with Crippen LogP contribution in [-0.2, 0) is 25.5 Å². The fourth-order valence-electron chi connectivity index (χ4n) is 3.99. The highest BCUT2D eigenvalue weighted by molar-refractivity contribution is 5.78. The normalized spacial score (nSPS) is 28.4. The van der Waals surface area contributed by atoms with Gasteiger partial charge in [0.15, 0.2) is 5.82 Å². The van der Waals surface area contributed by atoms with Crippen molar-refractivity contribution in [2.45, 2.75) is 38.4 Å². The first-order valence-electron chi connectivity index (χ1n) is 9.16. The zero-order chi connectivity index (χ0) is 18.1. The van der Waals surface area contributed by atoms with Gasteiger partial charge in [-0.2, -0.15) is 4.98 Å². The molecule has 0 aromatic carbocycles. The van der Waals surface area contributed by atoms with Crippen molar-refractivity contribution in [3.63, 3.8) is 0 Å². The van der Waals surface area contributed by atoms with Gasteiger partial charge < -0.3 is 23.8 Å². The van der Waals surface area contributed by atoms with Crippen LogP contribution in [0.25, 0.3) is 0 Å². The molecule has 3 atom stereocenters. The van der Waals surface area contributed by atoms with Crippen LogP contribution in [0.3, 0.4) is 0 Å². The molecule has 1 aromatic rings. The molecule has 0 bridgehead atoms. The lowest BCUT2D eigenvalue weighted by atomic mass is 10.0. The first-order valence-corrected chi connectivity index (χ1v) is 9.16. The molecule has 3 saturated heterocycles. The quantitative estimate of drug-likeness (QED) is 0.729. The molecule has 4 heterocycles. The van der Waals surface area contributed by atoms with Crippen molar-refractivity contribution in [1.29, 1.82) is 0 Å². The predicted molar refractivity (Wildman–Crippen MR) is 88.1 cm³/mol. The maximum atomic E-state index is 12.4. The lowest BCUT2D eigenvalue weighted by Gasteiger charge is -2.28. The number of aryl methyl sites for hydroxylation is 1. The van der Waals surface area contributed by atoms with Gasteiger partial charge in [-0.25, -0.2) is 0 Å². The first kappa shape index (κ1) is 17.4. The largest absolute Gasteiger partial charge is 0.378 e. The van der Waals surface area contributed by atoms with Crippen LogP contribution in [0, 0.1) is 12.8 Å². The Kier molecular flexibility index (Phi) is 4.90. The highest BCUT2D eigenvalue weighted by atomic mass is 16.5. The second-order valence-corrected chi connectivity index (χ2v) is 7.20. The van der Waals surface area contributed by atoms with E-state index in [1.54, 1.807) is 11.8 Å². The van der Waals surface area contributed by atoms with Gasteiger partial charge in [0.25, 0.3) is 0 Å². The maximum absolute atomic E-state index is 12.4. The Morgan fingerprint density at radius 2 is 1.96 bits per heavy atom. The van der Waals surface area contributed by atoms with E-state index in [0.29, 0.717) is 63.4 Å². The third-order valence-electron chi connectivity index (χ3n) is 5.30. The number of ether oxygens (including phenoxy) is 2. The van der Waals surface area contributed by atoms with Crippen molar-refractivity contribution in [2.75, 3.05) is 39.4 Å². The number of carbonyl (C=O) groups is 2. The summed E-state index contributed by atoms with van der Waals surface area (Å²) in [6.45, 7) is 5.51. The Hall–Kier alpha value is -2.00. The molecule has 0 unspecified atom stereocenters. The Labute approximate surface area is 151 Å². The average Bonchev–Trinajstić information content (AvgIpc) is 3.30. The summed E-state index contributed by atoms with van der Waals surface area (Å²) in [5, 5.41) is 3.70. The van der Waals surface area contributed by atoms with Gasteiger partial charge in [-0.1, -0.05) is 5.16 Å². The van der Waals surface area contributed by atoms with Crippen LogP contribution in [0.2, 0.25) is 0 Å². The van der Waals surface area contributed by atoms with Gasteiger partial charge in [0.05, 0.1) is 31.8 Å². The molecule has 0 spiro atoms. The summed E-state index contributed by atoms with van der Waals surface area (Å²) in [6.07, 6.45) is 1.34. The summed E-state index contributed by atoms with van der Waals surface area (Å²) in [6, 6.07) is 0. The zero-order valence-electron chi connectivity index (χ0n) is 14.9. The number of amides is 2. The van der Waals surface area contributed by atoms with Crippen molar-refractivity contribution in [3.05, 3.63) is 11.7 Å². The fraction of sp³-hybridized carbons (Fsp3) is 0.765. The molecule has 3 aliphatic heterocycles. The minimum Gasteiger partial charge on any atom is -0.378 e. The topological polar surface area (TPSA) is 98.0 Å². The van der Waals surface area contributed by atoms with Gasteiger partial charge in [-0.05, 0) is 13.3 Å². The van der Waals surface area contributed by atoms with E-state index in [0.717, 1.165) is 6.42 Å². The third-order valence-corrected chi connectivity index (χ3v) is 5.30. The SMILES string of the molecule is Cc1noc(CC(=O)N2C[C@@H]3C[C@@H](CC(=O)N4CCOCC4)O[C@@H]3C2)n1. The van der Waals surface area contributed by atoms with Crippen LogP contribution in [0.5, 0.6) is 0 Å². The number of aromatic nitrogens is 2. The average molecular weight is 364 g/mol. The molecule has 0 saturated carbocycles. The third kappa shape index (κ3) is 3.73. The molecule has 9 heteroatoms. The molecule has 0 N–H and O–H groups in total. The monoisotopic (exact) mass is 364 g/mol. The van der Waals surface area contributed by atoms with Crippen LogP contribution in [0.15, 0.2) is 4.52 Å². The van der Waals surface area contributed by atoms with E-state index in [2.05, 4.69) is 10.1 Å². The molecular formula is C17H24N4O5. The number of likely N-dealkylation sites (tertiary alicyclic amines) is 1. The van der Waals surface area contributed by atoms with E-state index in [-0.39, 0.29) is 30.4 Å². The van der Waals surface area contributed by atoms with Gasteiger partial charge in [-0.15, -0.1) is 0 Å². The van der Waals surface area contributed by atoms with Crippen molar-refractivity contribution < 1.29 is 23.6 Å². The van der Waals surface area contributed by atoms with E-state index < -0.39 is 0 Å². The van der Waals surface area contributed by atoms with E-state index in [1.165, 1.54) is 0 Å². The summed E-state index contributed by atoms with van der Waals surface area (Å²) in [5.74, 6) is 1.29. The summed E-state index contributed by atoms with van der Waals surface area (Å²) in [7, 11) is 0. The molecule has 142 valence electrons. The van der Waals surface area contributed by atoms with Crippen molar-refractivity contribution in [2.24, 2.45) is 5.92 Å². The Morgan fingerprint density at radius 3 is 2.65 bits per heavy atom. The number of hydrogen-bond donors (Lipinski definition) is 0. The minimum atomic E-state index is -0.0452. The summed E-state index contributed by atoms with van der Waals surface area (Å²) in [4.78, 5) is 32.5. The molecule has 4 rings (SSSR count). The number of rotatable bonds is 4. The van der Waals surface area contributed by atoms with Crippen molar-refractivity contribution in [3.8, 4) is 0 Å². The smallest absolute Gasteiger partial charge is 0.236 e. The summed E-state index contributed by atoms with van der Waals surface area (Å²) in [5.41, 5.74) is 0. The fourth-order valence-corrected chi connectivity index (χ4v) is 3.99. The van der Waals surface area contributed by atoms with Crippen LogP contribution in [-0.4, -0.2) is 83.4 Å². The number of carbonyl (C=O) groups excluding carboxylic acids is 2. The molecule has 1 aromatic heterocycles. The molecule has 3 fully saturated rings. The van der Waals surface area contributed by atoms with Crippen LogP contribution >= 0.6 is 0 Å². The molecule has 2 amide bonds. The summed E-state index contributed by atoms with van der Waals surface area (Å²) >= 11 is 0. The van der Waals surface area contributed by atoms with Crippen LogP contribution in [0.4, 0.5) is 0 Å². The highest BCUT2D eigenvalue weighted by Gasteiger charge is 2.44. The number of morpholine rings is 1. The van der Waals surface area contributed by atoms with Gasteiger partial charge in [0.2, 0.25) is 17.7 Å². The Balaban J connectivity index is 1.24. The Bertz CT molecular complexity index is 658. The van der Waals surface area contributed by atoms with Gasteiger partial charge in [-0.3, -0.25) is 9.59 Å². The number of hydrogen-bond acceptors (Lipinski definition) is 7. The lowest BCUT2D eigenvalue weighted by Crippen LogP contribution is -2.42. The zero-order valence-corrected chi connectivity index (χ0v) is 14.9. The Morgan fingerprint density at radius 1 is 1.15 bits per heavy atom. The van der Waals surface area contributed by atoms with Gasteiger partial charge in [0.1, 0.15) is 6.42 Å². The second-order valence-electron chi connectivity index (χ2n) is 7.20. The van der Waals surface area contributed by atoms with Crippen LogP contribution in [0.1, 0.15) is 24.6 Å². The second kappa shape index (κ2) is 7.32. The predicted octanol–water partition coefficient (Wildman–Crippen LogP) is -0.215. The van der Waals surface area contributed by atoms with E-state index in [4.69, 9.17) is 14.0 Å². The van der Waals surface area contributed by atoms with E-state index in [9.17, 15) is 9.59 Å². The minimum absolute atomic E-state index is 0.0193. The van der Waals surface area contributed by atoms with Gasteiger partial charge in [0, 0.05) is 32.1 Å². The maximum Gasteiger partial charge on any atom is 0.236 e. The van der Waals surface area contributed by atoms with Crippen molar-refractivity contribution >= 4 is 11.8 Å². The lowest BCUT2D eigenvalue weighted by molar-refractivity contribution is -0.138. The van der Waals surface area contributed by atoms with Gasteiger partial charge >= 0.3 is 0 Å². The molecule has 0 radical (unpaired) electrons. The highest BCUT2D eigenvalue weighted by Crippen LogP contribution is 2.34. The molecular weight excluding hydrogens is 340 g/mol. The molecule has 26 heavy (non-hydrogen) atoms. The summed E-state index contributed by atoms with van der Waals surface area (Å²) < 4.78 is 16.4. The number of fused-ring (bicyclic) bond motifs is 1. The standard InChI is InChI=1S/C17H24N4O5/c1-11-18-15(26-19-11)8-17(23)21-9-12-6-13(25-14(12)10-21)7-16(22)20-2-4-24-5-3-20/h12-14H,2-10H2,1H3/t12-,13-,14+/m0/s1. The number of nitrogens with zero attached hydrogens (tertiary/aromatic N) is 4. The van der Waals surface area contributed by atoms with Crippen molar-refractivity contribution in [1.82, 2.24) is 19.9 Å². The molecule has 0 aliphatic carbocycles. The molecule has 3 aliphatic rings. The van der Waals surface area contributed by atoms with Crippen LogP contribution < -0.4 is 0 Å². The first-order chi connectivity index (χ1) is 12.6. The van der Waals surface area contributed by atoms with E-state index in [1.807, 2.05) is 4.90 Å². The molecule has 9 nitrogen and oxygen atoms in total. The van der Waals surface area contributed by atoms with E-state index >= 15 is 0 Å².